The van der Waals surface area contributed by atoms with Crippen LogP contribution < -0.4 is 5.32 Å². The van der Waals surface area contributed by atoms with Crippen molar-refractivity contribution in [2.45, 2.75) is 46.1 Å². The van der Waals surface area contributed by atoms with Gasteiger partial charge in [0, 0.05) is 12.5 Å². The van der Waals surface area contributed by atoms with Crippen LogP contribution in [-0.2, 0) is 6.42 Å². The molecule has 1 aromatic carbocycles. The summed E-state index contributed by atoms with van der Waals surface area (Å²) in [4.78, 5) is 17.5. The van der Waals surface area contributed by atoms with Gasteiger partial charge in [-0.15, -0.1) is 11.3 Å². The quantitative estimate of drug-likeness (QED) is 0.870. The van der Waals surface area contributed by atoms with E-state index in [1.807, 2.05) is 6.92 Å². The van der Waals surface area contributed by atoms with Crippen molar-refractivity contribution in [3.8, 4) is 0 Å². The predicted molar refractivity (Wildman–Crippen MR) is 87.9 cm³/mol. The predicted octanol–water partition coefficient (Wildman–Crippen LogP) is 4.10. The van der Waals surface area contributed by atoms with E-state index >= 15 is 0 Å². The number of carbonyl (C=O) groups excluding carboxylic acids is 1. The lowest BCUT2D eigenvalue weighted by atomic mass is 10.1. The molecule has 0 spiro atoms. The summed E-state index contributed by atoms with van der Waals surface area (Å²) in [5.41, 5.74) is 1.74. The second kappa shape index (κ2) is 7.49. The number of nitrogens with zero attached hydrogens (tertiary/aromatic N) is 1. The van der Waals surface area contributed by atoms with E-state index in [4.69, 9.17) is 0 Å². The van der Waals surface area contributed by atoms with Gasteiger partial charge in [-0.2, -0.15) is 0 Å². The first-order valence-electron chi connectivity index (χ1n) is 7.55. The van der Waals surface area contributed by atoms with Crippen LogP contribution in [-0.4, -0.2) is 16.9 Å². The topological polar surface area (TPSA) is 42.0 Å². The molecule has 3 nitrogen and oxygen atoms in total. The largest absolute Gasteiger partial charge is 0.349 e. The first-order valence-corrected chi connectivity index (χ1v) is 8.36. The number of thiazole rings is 1. The van der Waals surface area contributed by atoms with Crippen LogP contribution in [0, 0.1) is 12.7 Å². The van der Waals surface area contributed by atoms with Crippen molar-refractivity contribution in [1.82, 2.24) is 10.3 Å². The van der Waals surface area contributed by atoms with Crippen molar-refractivity contribution in [3.05, 3.63) is 51.2 Å². The minimum Gasteiger partial charge on any atom is -0.349 e. The van der Waals surface area contributed by atoms with E-state index in [1.54, 1.807) is 12.1 Å². The molecule has 1 amide bonds. The third kappa shape index (κ3) is 4.13. The summed E-state index contributed by atoms with van der Waals surface area (Å²) >= 11 is 1.41. The number of hydrogen-bond acceptors (Lipinski definition) is 3. The fourth-order valence-electron chi connectivity index (χ4n) is 2.26. The average Bonchev–Trinajstić information content (AvgIpc) is 2.87. The summed E-state index contributed by atoms with van der Waals surface area (Å²) < 4.78 is 12.9. The molecule has 1 N–H and O–H groups in total. The monoisotopic (exact) mass is 320 g/mol. The number of hydrogen-bond donors (Lipinski definition) is 1. The van der Waals surface area contributed by atoms with Crippen LogP contribution in [0.3, 0.4) is 0 Å². The second-order valence-electron chi connectivity index (χ2n) is 5.31. The molecular weight excluding hydrogens is 299 g/mol. The first kappa shape index (κ1) is 16.6. The van der Waals surface area contributed by atoms with E-state index in [-0.39, 0.29) is 17.8 Å². The summed E-state index contributed by atoms with van der Waals surface area (Å²) in [6, 6.07) is 6.58. The van der Waals surface area contributed by atoms with E-state index < -0.39 is 0 Å². The van der Waals surface area contributed by atoms with Crippen molar-refractivity contribution in [3.63, 3.8) is 0 Å². The average molecular weight is 320 g/mol. The van der Waals surface area contributed by atoms with Crippen LogP contribution in [0.15, 0.2) is 24.3 Å². The van der Waals surface area contributed by atoms with Crippen LogP contribution in [0.4, 0.5) is 4.39 Å². The van der Waals surface area contributed by atoms with Crippen LogP contribution in [0.25, 0.3) is 0 Å². The van der Waals surface area contributed by atoms with Crippen molar-refractivity contribution >= 4 is 17.2 Å². The van der Waals surface area contributed by atoms with Crippen molar-refractivity contribution in [1.29, 1.82) is 0 Å². The molecule has 0 unspecified atom stereocenters. The Balaban J connectivity index is 2.10. The van der Waals surface area contributed by atoms with E-state index in [1.165, 1.54) is 23.5 Å². The molecule has 0 aliphatic rings. The van der Waals surface area contributed by atoms with Gasteiger partial charge in [-0.05, 0) is 37.5 Å². The molecule has 0 radical (unpaired) electrons. The Labute approximate surface area is 134 Å². The van der Waals surface area contributed by atoms with Gasteiger partial charge in [0.15, 0.2) is 0 Å². The lowest BCUT2D eigenvalue weighted by molar-refractivity contribution is 0.0938. The summed E-state index contributed by atoms with van der Waals surface area (Å²) in [6.45, 7) is 5.98. The number of rotatable bonds is 6. The maximum Gasteiger partial charge on any atom is 0.263 e. The zero-order chi connectivity index (χ0) is 16.1. The molecular formula is C17H21FN2OS. The van der Waals surface area contributed by atoms with E-state index in [9.17, 15) is 9.18 Å². The molecule has 2 aromatic rings. The molecule has 2 rings (SSSR count). The van der Waals surface area contributed by atoms with Crippen molar-refractivity contribution in [2.24, 2.45) is 0 Å². The van der Waals surface area contributed by atoms with Gasteiger partial charge < -0.3 is 5.32 Å². The molecule has 0 atom stereocenters. The Morgan fingerprint density at radius 3 is 2.50 bits per heavy atom. The highest BCUT2D eigenvalue weighted by Gasteiger charge is 2.17. The smallest absolute Gasteiger partial charge is 0.263 e. The fraction of sp³-hybridized carbons (Fsp3) is 0.412. The molecule has 0 aliphatic carbocycles. The highest BCUT2D eigenvalue weighted by atomic mass is 32.1. The minimum atomic E-state index is -0.246. The van der Waals surface area contributed by atoms with Crippen molar-refractivity contribution < 1.29 is 9.18 Å². The zero-order valence-corrected chi connectivity index (χ0v) is 14.0. The molecule has 0 fully saturated rings. The van der Waals surface area contributed by atoms with Gasteiger partial charge in [0.25, 0.3) is 5.91 Å². The Kier molecular flexibility index (Phi) is 5.66. The maximum absolute atomic E-state index is 12.9. The van der Waals surface area contributed by atoms with E-state index in [0.717, 1.165) is 29.1 Å². The number of carbonyl (C=O) groups is 1. The van der Waals surface area contributed by atoms with E-state index in [0.29, 0.717) is 11.3 Å². The van der Waals surface area contributed by atoms with Gasteiger partial charge in [0.05, 0.1) is 10.7 Å². The van der Waals surface area contributed by atoms with Gasteiger partial charge >= 0.3 is 0 Å². The van der Waals surface area contributed by atoms with Gasteiger partial charge in [-0.25, -0.2) is 9.37 Å². The molecule has 1 aromatic heterocycles. The third-order valence-electron chi connectivity index (χ3n) is 3.64. The van der Waals surface area contributed by atoms with Gasteiger partial charge in [-0.1, -0.05) is 26.0 Å². The highest BCUT2D eigenvalue weighted by Crippen LogP contribution is 2.21. The van der Waals surface area contributed by atoms with Crippen LogP contribution in [0.5, 0.6) is 0 Å². The SMILES string of the molecule is CCC(CC)NC(=O)c1sc(Cc2ccc(F)cc2)nc1C. The molecule has 5 heteroatoms. The Bertz CT molecular complexity index is 633. The molecule has 0 saturated heterocycles. The number of benzene rings is 1. The number of aromatic nitrogens is 1. The van der Waals surface area contributed by atoms with Crippen molar-refractivity contribution in [2.75, 3.05) is 0 Å². The number of nitrogens with one attached hydrogen (secondary N) is 1. The normalized spacial score (nSPS) is 11.0. The van der Waals surface area contributed by atoms with Gasteiger partial charge in [0.1, 0.15) is 10.7 Å². The lowest BCUT2D eigenvalue weighted by Crippen LogP contribution is -2.33. The molecule has 0 saturated carbocycles. The minimum absolute atomic E-state index is 0.0472. The third-order valence-corrected chi connectivity index (χ3v) is 4.79. The standard InChI is InChI=1S/C17H21FN2OS/c1-4-14(5-2)20-17(21)16-11(3)19-15(22-16)10-12-6-8-13(18)9-7-12/h6-9,14H,4-5,10H2,1-3H3,(H,20,21). The summed E-state index contributed by atoms with van der Waals surface area (Å²) in [5.74, 6) is -0.293. The number of halogens is 1. The summed E-state index contributed by atoms with van der Waals surface area (Å²) in [7, 11) is 0. The molecule has 1 heterocycles. The molecule has 0 aliphatic heterocycles. The lowest BCUT2D eigenvalue weighted by Gasteiger charge is -2.13. The van der Waals surface area contributed by atoms with Crippen LogP contribution in [0.1, 0.15) is 52.6 Å². The van der Waals surface area contributed by atoms with E-state index in [2.05, 4.69) is 24.1 Å². The molecule has 22 heavy (non-hydrogen) atoms. The fourth-order valence-corrected chi connectivity index (χ4v) is 3.26. The Morgan fingerprint density at radius 1 is 1.27 bits per heavy atom. The summed E-state index contributed by atoms with van der Waals surface area (Å²) in [5, 5.41) is 3.91. The number of amides is 1. The highest BCUT2D eigenvalue weighted by molar-refractivity contribution is 7.13. The van der Waals surface area contributed by atoms with Gasteiger partial charge in [-0.3, -0.25) is 4.79 Å². The molecule has 0 bridgehead atoms. The second-order valence-corrected chi connectivity index (χ2v) is 6.40. The Morgan fingerprint density at radius 2 is 1.91 bits per heavy atom. The molecule has 118 valence electrons. The number of aryl methyl sites for hydroxylation is 1. The zero-order valence-electron chi connectivity index (χ0n) is 13.1. The van der Waals surface area contributed by atoms with Crippen LogP contribution in [0.2, 0.25) is 0 Å². The summed E-state index contributed by atoms with van der Waals surface area (Å²) in [6.07, 6.45) is 2.45. The Hall–Kier alpha value is -1.75. The first-order chi connectivity index (χ1) is 10.5. The van der Waals surface area contributed by atoms with Gasteiger partial charge in [0.2, 0.25) is 0 Å². The maximum atomic E-state index is 12.9. The van der Waals surface area contributed by atoms with Crippen LogP contribution >= 0.6 is 11.3 Å².